The Morgan fingerprint density at radius 1 is 1.15 bits per heavy atom. The van der Waals surface area contributed by atoms with Crippen molar-refractivity contribution >= 4 is 23.4 Å². The molecule has 3 rings (SSSR count). The van der Waals surface area contributed by atoms with Crippen LogP contribution in [0, 0.1) is 0 Å². The molecule has 0 fully saturated rings. The Labute approximate surface area is 160 Å². The number of carbonyl (C=O) groups is 1. The summed E-state index contributed by atoms with van der Waals surface area (Å²) < 4.78 is 12.1. The van der Waals surface area contributed by atoms with Crippen molar-refractivity contribution in [1.29, 1.82) is 0 Å². The fourth-order valence-electron chi connectivity index (χ4n) is 2.36. The predicted octanol–water partition coefficient (Wildman–Crippen LogP) is 2.80. The molecule has 1 aromatic heterocycles. The summed E-state index contributed by atoms with van der Waals surface area (Å²) in [6.45, 7) is 1.79. The monoisotopic (exact) mass is 385 g/mol. The first kappa shape index (κ1) is 18.7. The van der Waals surface area contributed by atoms with Crippen molar-refractivity contribution in [2.45, 2.75) is 17.3 Å². The van der Waals surface area contributed by atoms with Gasteiger partial charge in [0, 0.05) is 11.8 Å². The van der Waals surface area contributed by atoms with E-state index in [2.05, 4.69) is 20.8 Å². The Morgan fingerprint density at radius 3 is 2.74 bits per heavy atom. The molecule has 0 saturated carbocycles. The topological polar surface area (TPSA) is 91.2 Å². The maximum atomic E-state index is 12.5. The van der Waals surface area contributed by atoms with Crippen LogP contribution in [0.15, 0.2) is 53.7 Å². The number of aromatic nitrogens is 4. The Kier molecular flexibility index (Phi) is 5.92. The SMILES string of the molecule is COc1cccc(NC(=O)[C@H](C)Sc2nnnn2-c2ccccc2OC)c1. The van der Waals surface area contributed by atoms with E-state index in [-0.39, 0.29) is 5.91 Å². The fraction of sp³-hybridized carbons (Fsp3) is 0.222. The summed E-state index contributed by atoms with van der Waals surface area (Å²) >= 11 is 1.26. The van der Waals surface area contributed by atoms with E-state index in [4.69, 9.17) is 9.47 Å². The zero-order chi connectivity index (χ0) is 19.2. The minimum absolute atomic E-state index is 0.164. The molecule has 27 heavy (non-hydrogen) atoms. The average molecular weight is 385 g/mol. The molecule has 0 aliphatic rings. The van der Waals surface area contributed by atoms with E-state index in [0.29, 0.717) is 28.0 Å². The molecule has 2 aromatic carbocycles. The smallest absolute Gasteiger partial charge is 0.237 e. The number of nitrogens with zero attached hydrogens (tertiary/aromatic N) is 4. The quantitative estimate of drug-likeness (QED) is 0.625. The van der Waals surface area contributed by atoms with Crippen molar-refractivity contribution in [3.05, 3.63) is 48.5 Å². The van der Waals surface area contributed by atoms with E-state index >= 15 is 0 Å². The molecule has 9 heteroatoms. The van der Waals surface area contributed by atoms with Gasteiger partial charge in [-0.1, -0.05) is 30.0 Å². The van der Waals surface area contributed by atoms with Crippen LogP contribution < -0.4 is 14.8 Å². The van der Waals surface area contributed by atoms with Gasteiger partial charge in [-0.3, -0.25) is 4.79 Å². The lowest BCUT2D eigenvalue weighted by atomic mass is 10.3. The summed E-state index contributed by atoms with van der Waals surface area (Å²) in [7, 11) is 3.16. The van der Waals surface area contributed by atoms with Crippen molar-refractivity contribution in [2.75, 3.05) is 19.5 Å². The summed E-state index contributed by atoms with van der Waals surface area (Å²) in [5.41, 5.74) is 1.36. The molecular weight excluding hydrogens is 366 g/mol. The predicted molar refractivity (Wildman–Crippen MR) is 103 cm³/mol. The third-order valence-electron chi connectivity index (χ3n) is 3.74. The number of thioether (sulfide) groups is 1. The highest BCUT2D eigenvalue weighted by Gasteiger charge is 2.20. The minimum atomic E-state index is -0.421. The van der Waals surface area contributed by atoms with Crippen LogP contribution in [-0.4, -0.2) is 45.6 Å². The Hall–Kier alpha value is -3.07. The molecule has 1 atom stereocenters. The first-order chi connectivity index (χ1) is 13.1. The lowest BCUT2D eigenvalue weighted by Gasteiger charge is -2.13. The molecule has 0 bridgehead atoms. The van der Waals surface area contributed by atoms with E-state index in [9.17, 15) is 4.79 Å². The number of para-hydroxylation sites is 2. The van der Waals surface area contributed by atoms with Gasteiger partial charge in [-0.25, -0.2) is 0 Å². The number of rotatable bonds is 7. The van der Waals surface area contributed by atoms with E-state index < -0.39 is 5.25 Å². The van der Waals surface area contributed by atoms with Crippen LogP contribution in [-0.2, 0) is 4.79 Å². The summed E-state index contributed by atoms with van der Waals surface area (Å²) in [4.78, 5) is 12.5. The van der Waals surface area contributed by atoms with Gasteiger partial charge in [0.2, 0.25) is 11.1 Å². The molecule has 140 valence electrons. The Bertz CT molecular complexity index is 931. The van der Waals surface area contributed by atoms with Gasteiger partial charge in [0.25, 0.3) is 0 Å². The number of ether oxygens (including phenoxy) is 2. The van der Waals surface area contributed by atoms with Gasteiger partial charge >= 0.3 is 0 Å². The standard InChI is InChI=1S/C18H19N5O3S/c1-12(17(24)19-13-7-6-8-14(11-13)25-2)27-18-20-21-22-23(18)15-9-4-5-10-16(15)26-3/h4-12H,1-3H3,(H,19,24)/t12-/m0/s1. The van der Waals surface area contributed by atoms with Gasteiger partial charge in [0.15, 0.2) is 0 Å². The number of methoxy groups -OCH3 is 2. The van der Waals surface area contributed by atoms with Gasteiger partial charge < -0.3 is 14.8 Å². The second-order valence-corrected chi connectivity index (χ2v) is 6.83. The van der Waals surface area contributed by atoms with Crippen LogP contribution in [0.3, 0.4) is 0 Å². The summed E-state index contributed by atoms with van der Waals surface area (Å²) in [6.07, 6.45) is 0. The molecule has 0 radical (unpaired) electrons. The highest BCUT2D eigenvalue weighted by atomic mass is 32.2. The molecule has 0 saturated heterocycles. The second-order valence-electron chi connectivity index (χ2n) is 5.53. The van der Waals surface area contributed by atoms with E-state index in [1.807, 2.05) is 36.4 Å². The van der Waals surface area contributed by atoms with Gasteiger partial charge in [0.05, 0.1) is 19.5 Å². The third kappa shape index (κ3) is 4.37. The van der Waals surface area contributed by atoms with E-state index in [1.165, 1.54) is 11.8 Å². The van der Waals surface area contributed by atoms with Crippen molar-refractivity contribution < 1.29 is 14.3 Å². The normalized spacial score (nSPS) is 11.7. The molecule has 0 aliphatic heterocycles. The number of nitrogens with one attached hydrogen (secondary N) is 1. The molecule has 1 heterocycles. The number of tetrazole rings is 1. The lowest BCUT2D eigenvalue weighted by Crippen LogP contribution is -2.23. The maximum absolute atomic E-state index is 12.5. The highest BCUT2D eigenvalue weighted by molar-refractivity contribution is 8.00. The first-order valence-corrected chi connectivity index (χ1v) is 9.03. The van der Waals surface area contributed by atoms with Crippen LogP contribution in [0.5, 0.6) is 11.5 Å². The average Bonchev–Trinajstić information content (AvgIpc) is 3.15. The summed E-state index contributed by atoms with van der Waals surface area (Å²) in [5.74, 6) is 1.15. The van der Waals surface area contributed by atoms with Crippen molar-refractivity contribution in [3.8, 4) is 17.2 Å². The van der Waals surface area contributed by atoms with Gasteiger partial charge in [0.1, 0.15) is 17.2 Å². The zero-order valence-corrected chi connectivity index (χ0v) is 15.9. The van der Waals surface area contributed by atoms with Crippen molar-refractivity contribution in [3.63, 3.8) is 0 Å². The number of hydrogen-bond donors (Lipinski definition) is 1. The molecule has 0 aliphatic carbocycles. The molecule has 0 unspecified atom stereocenters. The second kappa shape index (κ2) is 8.54. The van der Waals surface area contributed by atoms with Gasteiger partial charge in [-0.15, -0.1) is 5.10 Å². The van der Waals surface area contributed by atoms with Crippen LogP contribution in [0.1, 0.15) is 6.92 Å². The third-order valence-corrected chi connectivity index (χ3v) is 4.78. The molecular formula is C18H19N5O3S. The van der Waals surface area contributed by atoms with Crippen molar-refractivity contribution in [2.24, 2.45) is 0 Å². The number of benzene rings is 2. The van der Waals surface area contributed by atoms with Crippen LogP contribution in [0.4, 0.5) is 5.69 Å². The van der Waals surface area contributed by atoms with E-state index in [1.54, 1.807) is 38.0 Å². The van der Waals surface area contributed by atoms with Crippen LogP contribution >= 0.6 is 11.8 Å². The van der Waals surface area contributed by atoms with Crippen LogP contribution in [0.25, 0.3) is 5.69 Å². The fourth-order valence-corrected chi connectivity index (χ4v) is 3.17. The van der Waals surface area contributed by atoms with E-state index in [0.717, 1.165) is 0 Å². The first-order valence-electron chi connectivity index (χ1n) is 8.15. The molecule has 1 N–H and O–H groups in total. The van der Waals surface area contributed by atoms with Crippen LogP contribution in [0.2, 0.25) is 0 Å². The largest absolute Gasteiger partial charge is 0.497 e. The number of anilines is 1. The molecule has 8 nitrogen and oxygen atoms in total. The highest BCUT2D eigenvalue weighted by Crippen LogP contribution is 2.28. The van der Waals surface area contributed by atoms with Crippen molar-refractivity contribution in [1.82, 2.24) is 20.2 Å². The Balaban J connectivity index is 1.74. The lowest BCUT2D eigenvalue weighted by molar-refractivity contribution is -0.115. The van der Waals surface area contributed by atoms with Gasteiger partial charge in [-0.2, -0.15) is 4.68 Å². The number of carbonyl (C=O) groups excluding carboxylic acids is 1. The summed E-state index contributed by atoms with van der Waals surface area (Å²) in [5, 5.41) is 14.7. The number of amides is 1. The maximum Gasteiger partial charge on any atom is 0.237 e. The summed E-state index contributed by atoms with van der Waals surface area (Å²) in [6, 6.07) is 14.6. The Morgan fingerprint density at radius 2 is 1.96 bits per heavy atom. The molecule has 1 amide bonds. The van der Waals surface area contributed by atoms with Gasteiger partial charge in [-0.05, 0) is 41.6 Å². The minimum Gasteiger partial charge on any atom is -0.497 e. The number of hydrogen-bond acceptors (Lipinski definition) is 7. The zero-order valence-electron chi connectivity index (χ0n) is 15.1. The molecule has 0 spiro atoms. The molecule has 3 aromatic rings.